The molecule has 1 heterocycles. The van der Waals surface area contributed by atoms with E-state index in [1.165, 1.54) is 11.5 Å². The van der Waals surface area contributed by atoms with Crippen molar-refractivity contribution in [1.29, 1.82) is 0 Å². The molecule has 0 saturated heterocycles. The van der Waals surface area contributed by atoms with E-state index in [1.54, 1.807) is 24.4 Å². The lowest BCUT2D eigenvalue weighted by atomic mass is 10.2. The van der Waals surface area contributed by atoms with Crippen LogP contribution in [-0.4, -0.2) is 15.6 Å². The smallest absolute Gasteiger partial charge is 0.257 e. The average Bonchev–Trinajstić information content (AvgIpc) is 2.99. The summed E-state index contributed by atoms with van der Waals surface area (Å²) in [6, 6.07) is 14.9. The van der Waals surface area contributed by atoms with Crippen LogP contribution in [0.3, 0.4) is 0 Å². The highest BCUT2D eigenvalue weighted by Gasteiger charge is 2.06. The van der Waals surface area contributed by atoms with Crippen molar-refractivity contribution in [3.05, 3.63) is 64.1 Å². The summed E-state index contributed by atoms with van der Waals surface area (Å²) < 4.78 is 4.16. The van der Waals surface area contributed by atoms with Crippen LogP contribution < -0.4 is 10.7 Å². The van der Waals surface area contributed by atoms with Crippen LogP contribution in [0.5, 0.6) is 0 Å². The van der Waals surface area contributed by atoms with Crippen LogP contribution in [0.4, 0.5) is 16.8 Å². The molecule has 0 unspecified atom stereocenters. The summed E-state index contributed by atoms with van der Waals surface area (Å²) in [7, 11) is 0. The van der Waals surface area contributed by atoms with Gasteiger partial charge in [0.15, 0.2) is 0 Å². The van der Waals surface area contributed by atoms with E-state index in [0.717, 1.165) is 5.56 Å². The fraction of sp³-hybridized carbons (Fsp3) is 0. The molecule has 3 rings (SSSR count). The zero-order valence-electron chi connectivity index (χ0n) is 11.7. The first-order valence-electron chi connectivity index (χ1n) is 6.60. The second-order valence-electron chi connectivity index (χ2n) is 4.45. The minimum absolute atomic E-state index is 0.412. The summed E-state index contributed by atoms with van der Waals surface area (Å²) in [4.78, 5) is 4.28. The van der Waals surface area contributed by atoms with Gasteiger partial charge in [0, 0.05) is 16.6 Å². The Balaban J connectivity index is 1.63. The van der Waals surface area contributed by atoms with Gasteiger partial charge in [-0.2, -0.15) is 10.1 Å². The van der Waals surface area contributed by atoms with Crippen LogP contribution in [0.1, 0.15) is 5.56 Å². The van der Waals surface area contributed by atoms with Crippen molar-refractivity contribution in [2.45, 2.75) is 0 Å². The average molecular weight is 364 g/mol. The first kappa shape index (κ1) is 15.7. The standard InChI is InChI=1S/C15H11Cl2N5S/c16-11-6-7-13(12(17)8-11)19-15-20-14(22-23-15)21-18-9-10-4-2-1-3-5-10/h1-9H,(H2,19,20,21,22)/b18-9+. The number of hydrogen-bond donors (Lipinski definition) is 2. The Bertz CT molecular complexity index is 820. The van der Waals surface area contributed by atoms with Gasteiger partial charge in [-0.25, -0.2) is 5.43 Å². The Hall–Kier alpha value is -2.15. The first-order chi connectivity index (χ1) is 11.2. The minimum atomic E-state index is 0.412. The number of halogens is 2. The number of hydrazone groups is 1. The number of aromatic nitrogens is 2. The number of nitrogens with one attached hydrogen (secondary N) is 2. The minimum Gasteiger partial charge on any atom is -0.329 e. The van der Waals surface area contributed by atoms with E-state index < -0.39 is 0 Å². The molecule has 0 aliphatic rings. The van der Waals surface area contributed by atoms with Gasteiger partial charge in [0.2, 0.25) is 5.13 Å². The molecule has 8 heteroatoms. The van der Waals surface area contributed by atoms with Crippen molar-refractivity contribution in [2.75, 3.05) is 10.7 Å². The van der Waals surface area contributed by atoms with E-state index in [9.17, 15) is 0 Å². The Morgan fingerprint density at radius 3 is 2.70 bits per heavy atom. The van der Waals surface area contributed by atoms with Gasteiger partial charge in [0.05, 0.1) is 16.9 Å². The van der Waals surface area contributed by atoms with Gasteiger partial charge in [0.1, 0.15) is 0 Å². The molecule has 0 spiro atoms. The Labute approximate surface area is 147 Å². The van der Waals surface area contributed by atoms with Crippen molar-refractivity contribution < 1.29 is 0 Å². The van der Waals surface area contributed by atoms with E-state index in [-0.39, 0.29) is 0 Å². The molecular weight excluding hydrogens is 353 g/mol. The maximum atomic E-state index is 6.11. The Morgan fingerprint density at radius 1 is 1.09 bits per heavy atom. The van der Waals surface area contributed by atoms with Crippen molar-refractivity contribution >= 4 is 57.7 Å². The summed E-state index contributed by atoms with van der Waals surface area (Å²) in [5.74, 6) is 0.412. The summed E-state index contributed by atoms with van der Waals surface area (Å²) >= 11 is 13.2. The molecule has 2 aromatic carbocycles. The second-order valence-corrected chi connectivity index (χ2v) is 6.05. The normalized spacial score (nSPS) is 10.9. The van der Waals surface area contributed by atoms with E-state index >= 15 is 0 Å². The SMILES string of the molecule is Clc1ccc(Nc2nc(N/N=C/c3ccccc3)ns2)c(Cl)c1. The fourth-order valence-corrected chi connectivity index (χ4v) is 2.72. The number of anilines is 3. The molecule has 0 aliphatic heterocycles. The first-order valence-corrected chi connectivity index (χ1v) is 8.13. The number of rotatable bonds is 5. The van der Waals surface area contributed by atoms with Gasteiger partial charge in [0.25, 0.3) is 5.95 Å². The monoisotopic (exact) mass is 363 g/mol. The maximum Gasteiger partial charge on any atom is 0.257 e. The van der Waals surface area contributed by atoms with Crippen molar-refractivity contribution in [3.63, 3.8) is 0 Å². The molecule has 0 bridgehead atoms. The predicted octanol–water partition coefficient (Wildman–Crippen LogP) is 5.03. The number of hydrogen-bond acceptors (Lipinski definition) is 6. The Kier molecular flexibility index (Phi) is 5.07. The van der Waals surface area contributed by atoms with Crippen molar-refractivity contribution in [2.24, 2.45) is 5.10 Å². The molecular formula is C15H11Cl2N5S. The molecule has 116 valence electrons. The molecule has 2 N–H and O–H groups in total. The van der Waals surface area contributed by atoms with Gasteiger partial charge in [-0.05, 0) is 23.8 Å². The summed E-state index contributed by atoms with van der Waals surface area (Å²) in [6.45, 7) is 0. The highest BCUT2D eigenvalue weighted by atomic mass is 35.5. The van der Waals surface area contributed by atoms with E-state index in [1.807, 2.05) is 30.3 Å². The summed E-state index contributed by atoms with van der Waals surface area (Å²) in [6.07, 6.45) is 1.70. The van der Waals surface area contributed by atoms with E-state index in [4.69, 9.17) is 23.2 Å². The molecule has 5 nitrogen and oxygen atoms in total. The van der Waals surface area contributed by atoms with Gasteiger partial charge in [-0.3, -0.25) is 0 Å². The number of benzene rings is 2. The molecule has 0 amide bonds. The third-order valence-corrected chi connectivity index (χ3v) is 3.95. The van der Waals surface area contributed by atoms with Crippen molar-refractivity contribution in [3.8, 4) is 0 Å². The van der Waals surface area contributed by atoms with Crippen molar-refractivity contribution in [1.82, 2.24) is 9.36 Å². The molecule has 3 aromatic rings. The van der Waals surface area contributed by atoms with E-state index in [2.05, 4.69) is 25.2 Å². The van der Waals surface area contributed by atoms with Crippen LogP contribution in [0.25, 0.3) is 0 Å². The largest absolute Gasteiger partial charge is 0.329 e. The quantitative estimate of drug-likeness (QED) is 0.492. The van der Waals surface area contributed by atoms with Gasteiger partial charge in [-0.1, -0.05) is 53.5 Å². The molecule has 23 heavy (non-hydrogen) atoms. The molecule has 1 aromatic heterocycles. The van der Waals surface area contributed by atoms with Crippen LogP contribution in [0.2, 0.25) is 10.0 Å². The van der Waals surface area contributed by atoms with Gasteiger partial charge in [-0.15, -0.1) is 4.37 Å². The zero-order valence-corrected chi connectivity index (χ0v) is 14.0. The third kappa shape index (κ3) is 4.41. The topological polar surface area (TPSA) is 62.2 Å². The molecule has 0 radical (unpaired) electrons. The maximum absolute atomic E-state index is 6.11. The molecule has 0 aliphatic carbocycles. The lowest BCUT2D eigenvalue weighted by Gasteiger charge is -2.04. The lowest BCUT2D eigenvalue weighted by molar-refractivity contribution is 1.21. The van der Waals surface area contributed by atoms with Crippen LogP contribution in [0.15, 0.2) is 53.6 Å². The third-order valence-electron chi connectivity index (χ3n) is 2.78. The zero-order chi connectivity index (χ0) is 16.1. The molecule has 0 saturated carbocycles. The number of nitrogens with zero attached hydrogens (tertiary/aromatic N) is 3. The second kappa shape index (κ2) is 7.41. The lowest BCUT2D eigenvalue weighted by Crippen LogP contribution is -1.94. The van der Waals surface area contributed by atoms with Crippen LogP contribution in [-0.2, 0) is 0 Å². The highest BCUT2D eigenvalue weighted by molar-refractivity contribution is 7.10. The van der Waals surface area contributed by atoms with Crippen LogP contribution >= 0.6 is 34.7 Å². The van der Waals surface area contributed by atoms with Gasteiger partial charge >= 0.3 is 0 Å². The summed E-state index contributed by atoms with van der Waals surface area (Å²) in [5.41, 5.74) is 4.49. The van der Waals surface area contributed by atoms with Gasteiger partial charge < -0.3 is 5.32 Å². The molecule has 0 fully saturated rings. The van der Waals surface area contributed by atoms with Crippen LogP contribution in [0, 0.1) is 0 Å². The summed E-state index contributed by atoms with van der Waals surface area (Å²) in [5, 5.41) is 8.89. The fourth-order valence-electron chi connectivity index (χ4n) is 1.73. The molecule has 0 atom stereocenters. The Morgan fingerprint density at radius 2 is 1.91 bits per heavy atom. The highest BCUT2D eigenvalue weighted by Crippen LogP contribution is 2.29. The van der Waals surface area contributed by atoms with E-state index in [0.29, 0.717) is 26.8 Å². The predicted molar refractivity (Wildman–Crippen MR) is 97.3 cm³/mol.